The molecule has 7 heteroatoms. The third-order valence-corrected chi connectivity index (χ3v) is 6.47. The van der Waals surface area contributed by atoms with E-state index in [-0.39, 0.29) is 0 Å². The predicted octanol–water partition coefficient (Wildman–Crippen LogP) is 2.63. The monoisotopic (exact) mass is 324 g/mol. The van der Waals surface area contributed by atoms with Gasteiger partial charge in [0.05, 0.1) is 25.1 Å². The summed E-state index contributed by atoms with van der Waals surface area (Å²) >= 11 is 1.27. The molecular formula is C14H16N2O3S2. The summed E-state index contributed by atoms with van der Waals surface area (Å²) in [6, 6.07) is 3.49. The molecule has 0 radical (unpaired) electrons. The summed E-state index contributed by atoms with van der Waals surface area (Å²) in [6.07, 6.45) is 2.33. The van der Waals surface area contributed by atoms with Crippen molar-refractivity contribution in [1.82, 2.24) is 4.98 Å². The smallest absolute Gasteiger partial charge is 0.271 e. The maximum absolute atomic E-state index is 12.4. The third kappa shape index (κ3) is 2.95. The van der Waals surface area contributed by atoms with Crippen molar-refractivity contribution < 1.29 is 13.2 Å². The number of fused-ring (bicyclic) bond motifs is 1. The Hall–Kier alpha value is -1.44. The van der Waals surface area contributed by atoms with Crippen molar-refractivity contribution in [3.8, 4) is 0 Å². The average molecular weight is 324 g/mol. The lowest BCUT2D eigenvalue weighted by atomic mass is 10.1. The Morgan fingerprint density at radius 2 is 2.14 bits per heavy atom. The van der Waals surface area contributed by atoms with E-state index in [0.717, 1.165) is 28.1 Å². The van der Waals surface area contributed by atoms with Crippen LogP contribution in [0.2, 0.25) is 0 Å². The normalized spacial score (nSPS) is 14.8. The first-order chi connectivity index (χ1) is 9.95. The molecule has 5 nitrogen and oxygen atoms in total. The highest BCUT2D eigenvalue weighted by Crippen LogP contribution is 2.27. The minimum atomic E-state index is -3.55. The number of hydrogen-bond donors (Lipinski definition) is 1. The molecule has 0 aromatic carbocycles. The second kappa shape index (κ2) is 5.40. The first-order valence-corrected chi connectivity index (χ1v) is 8.91. The fraction of sp³-hybridized carbons (Fsp3) is 0.357. The maximum Gasteiger partial charge on any atom is 0.271 e. The Balaban J connectivity index is 1.88. The Bertz CT molecular complexity index is 762. The Kier molecular flexibility index (Phi) is 3.73. The van der Waals surface area contributed by atoms with Crippen molar-refractivity contribution in [2.45, 2.75) is 31.1 Å². The van der Waals surface area contributed by atoms with Crippen LogP contribution >= 0.6 is 11.3 Å². The molecule has 0 saturated heterocycles. The van der Waals surface area contributed by atoms with Crippen LogP contribution in [0.5, 0.6) is 0 Å². The van der Waals surface area contributed by atoms with Gasteiger partial charge in [-0.2, -0.15) is 0 Å². The SMILES string of the molecule is Cc1cc(S(=O)(=O)Nc2cnc3c(c2)COCC3)sc1C. The maximum atomic E-state index is 12.4. The number of nitrogens with zero attached hydrogens (tertiary/aromatic N) is 1. The van der Waals surface area contributed by atoms with Gasteiger partial charge in [0.2, 0.25) is 0 Å². The first kappa shape index (κ1) is 14.5. The number of anilines is 1. The van der Waals surface area contributed by atoms with Crippen molar-refractivity contribution in [3.63, 3.8) is 0 Å². The molecule has 0 fully saturated rings. The summed E-state index contributed by atoms with van der Waals surface area (Å²) in [5, 5.41) is 0. The number of thiophene rings is 1. The molecule has 3 heterocycles. The van der Waals surface area contributed by atoms with Gasteiger partial charge in [-0.05, 0) is 31.5 Å². The van der Waals surface area contributed by atoms with Crippen LogP contribution < -0.4 is 4.72 Å². The predicted molar refractivity (Wildman–Crippen MR) is 82.2 cm³/mol. The van der Waals surface area contributed by atoms with Gasteiger partial charge >= 0.3 is 0 Å². The summed E-state index contributed by atoms with van der Waals surface area (Å²) < 4.78 is 33.0. The molecule has 2 aromatic rings. The highest BCUT2D eigenvalue weighted by molar-refractivity contribution is 7.94. The topological polar surface area (TPSA) is 68.3 Å². The van der Waals surface area contributed by atoms with Gasteiger partial charge in [-0.1, -0.05) is 0 Å². The molecular weight excluding hydrogens is 308 g/mol. The van der Waals surface area contributed by atoms with Gasteiger partial charge in [-0.3, -0.25) is 9.71 Å². The summed E-state index contributed by atoms with van der Waals surface area (Å²) in [7, 11) is -3.55. The van der Waals surface area contributed by atoms with E-state index in [0.29, 0.717) is 23.1 Å². The molecule has 3 rings (SSSR count). The largest absolute Gasteiger partial charge is 0.376 e. The van der Waals surface area contributed by atoms with Crippen molar-refractivity contribution in [1.29, 1.82) is 0 Å². The van der Waals surface area contributed by atoms with Crippen LogP contribution in [0.4, 0.5) is 5.69 Å². The standard InChI is InChI=1S/C14H16N2O3S2/c1-9-5-14(20-10(9)2)21(17,18)16-12-6-11-8-19-4-3-13(11)15-7-12/h5-7,16H,3-4,8H2,1-2H3. The lowest BCUT2D eigenvalue weighted by Crippen LogP contribution is -2.15. The minimum Gasteiger partial charge on any atom is -0.376 e. The fourth-order valence-corrected chi connectivity index (χ4v) is 4.72. The Morgan fingerprint density at radius 1 is 1.33 bits per heavy atom. The van der Waals surface area contributed by atoms with E-state index in [4.69, 9.17) is 4.74 Å². The van der Waals surface area contributed by atoms with Gasteiger partial charge in [-0.15, -0.1) is 11.3 Å². The number of nitrogens with one attached hydrogen (secondary N) is 1. The molecule has 0 atom stereocenters. The molecule has 0 saturated carbocycles. The number of aryl methyl sites for hydroxylation is 2. The zero-order valence-electron chi connectivity index (χ0n) is 11.8. The van der Waals surface area contributed by atoms with Crippen LogP contribution in [0, 0.1) is 13.8 Å². The van der Waals surface area contributed by atoms with E-state index in [1.165, 1.54) is 11.3 Å². The zero-order chi connectivity index (χ0) is 15.0. The molecule has 1 N–H and O–H groups in total. The molecule has 1 aliphatic rings. The molecule has 0 unspecified atom stereocenters. The second-order valence-electron chi connectivity index (χ2n) is 5.04. The van der Waals surface area contributed by atoms with E-state index in [1.54, 1.807) is 18.3 Å². The van der Waals surface area contributed by atoms with Crippen LogP contribution in [0.25, 0.3) is 0 Å². The Labute approximate surface area is 128 Å². The molecule has 0 aliphatic carbocycles. The number of ether oxygens (including phenoxy) is 1. The molecule has 21 heavy (non-hydrogen) atoms. The van der Waals surface area contributed by atoms with Gasteiger partial charge in [0.1, 0.15) is 4.21 Å². The highest BCUT2D eigenvalue weighted by Gasteiger charge is 2.19. The van der Waals surface area contributed by atoms with Gasteiger partial charge in [0.15, 0.2) is 0 Å². The molecule has 0 spiro atoms. The minimum absolute atomic E-state index is 0.325. The number of aromatic nitrogens is 1. The van der Waals surface area contributed by atoms with Gasteiger partial charge < -0.3 is 4.74 Å². The van der Waals surface area contributed by atoms with Crippen LogP contribution in [0.3, 0.4) is 0 Å². The van der Waals surface area contributed by atoms with Crippen molar-refractivity contribution in [2.75, 3.05) is 11.3 Å². The zero-order valence-corrected chi connectivity index (χ0v) is 13.5. The summed E-state index contributed by atoms with van der Waals surface area (Å²) in [5.74, 6) is 0. The number of pyridine rings is 1. The molecule has 1 aliphatic heterocycles. The summed E-state index contributed by atoms with van der Waals surface area (Å²) in [5.41, 5.74) is 3.38. The van der Waals surface area contributed by atoms with E-state index in [2.05, 4.69) is 9.71 Å². The average Bonchev–Trinajstić information content (AvgIpc) is 2.79. The summed E-state index contributed by atoms with van der Waals surface area (Å²) in [6.45, 7) is 4.97. The highest BCUT2D eigenvalue weighted by atomic mass is 32.2. The van der Waals surface area contributed by atoms with E-state index in [1.807, 2.05) is 13.8 Å². The fourth-order valence-electron chi connectivity index (χ4n) is 2.17. The van der Waals surface area contributed by atoms with Crippen molar-refractivity contribution in [3.05, 3.63) is 40.0 Å². The van der Waals surface area contributed by atoms with Gasteiger partial charge in [-0.25, -0.2) is 8.42 Å². The van der Waals surface area contributed by atoms with Gasteiger partial charge in [0, 0.05) is 22.6 Å². The van der Waals surface area contributed by atoms with Crippen molar-refractivity contribution in [2.24, 2.45) is 0 Å². The van der Waals surface area contributed by atoms with Crippen LogP contribution in [0.1, 0.15) is 21.7 Å². The van der Waals surface area contributed by atoms with Crippen LogP contribution in [-0.2, 0) is 27.8 Å². The molecule has 0 bridgehead atoms. The van der Waals surface area contributed by atoms with E-state index in [9.17, 15) is 8.42 Å². The van der Waals surface area contributed by atoms with Crippen LogP contribution in [-0.4, -0.2) is 20.0 Å². The molecule has 0 amide bonds. The second-order valence-corrected chi connectivity index (χ2v) is 8.21. The van der Waals surface area contributed by atoms with Crippen molar-refractivity contribution >= 4 is 27.0 Å². The lowest BCUT2D eigenvalue weighted by molar-refractivity contribution is 0.109. The van der Waals surface area contributed by atoms with Gasteiger partial charge in [0.25, 0.3) is 10.0 Å². The number of hydrogen-bond acceptors (Lipinski definition) is 5. The van der Waals surface area contributed by atoms with E-state index >= 15 is 0 Å². The molecule has 2 aromatic heterocycles. The first-order valence-electron chi connectivity index (χ1n) is 6.61. The lowest BCUT2D eigenvalue weighted by Gasteiger charge is -2.16. The number of sulfonamides is 1. The molecule has 112 valence electrons. The quantitative estimate of drug-likeness (QED) is 0.942. The number of rotatable bonds is 3. The third-order valence-electron chi connectivity index (χ3n) is 3.46. The van der Waals surface area contributed by atoms with Crippen LogP contribution in [0.15, 0.2) is 22.5 Å². The van der Waals surface area contributed by atoms with E-state index < -0.39 is 10.0 Å². The summed E-state index contributed by atoms with van der Waals surface area (Å²) in [4.78, 5) is 5.32. The Morgan fingerprint density at radius 3 is 2.86 bits per heavy atom.